The first-order chi connectivity index (χ1) is 15.9. The fourth-order valence-corrected chi connectivity index (χ4v) is 4.67. The topological polar surface area (TPSA) is 30.5 Å². The Labute approximate surface area is 212 Å². The summed E-state index contributed by atoms with van der Waals surface area (Å²) in [6.07, 6.45) is 0.271. The molecule has 0 spiro atoms. The van der Waals surface area contributed by atoms with E-state index in [1.165, 1.54) is 6.07 Å². The Morgan fingerprint density at radius 1 is 0.909 bits per heavy atom. The highest BCUT2D eigenvalue weighted by Gasteiger charge is 2.44. The first-order valence-electron chi connectivity index (χ1n) is 10.5. The van der Waals surface area contributed by atoms with Crippen LogP contribution in [0.4, 0.5) is 4.39 Å². The molecule has 1 heterocycles. The van der Waals surface area contributed by atoms with Gasteiger partial charge in [-0.2, -0.15) is 0 Å². The summed E-state index contributed by atoms with van der Waals surface area (Å²) in [6.45, 7) is 1.63. The molecule has 0 radical (unpaired) electrons. The third-order valence-corrected chi connectivity index (χ3v) is 7.09. The largest absolute Gasteiger partial charge is 0.369 e. The van der Waals surface area contributed by atoms with E-state index in [9.17, 15) is 4.39 Å². The first-order valence-corrected chi connectivity index (χ1v) is 12.0. The van der Waals surface area contributed by atoms with E-state index in [2.05, 4.69) is 5.32 Å². The maximum Gasteiger partial charge on any atom is 0.147 e. The molecule has 0 bridgehead atoms. The molecule has 0 amide bonds. The average molecular weight is 529 g/mol. The number of piperidine rings is 1. The summed E-state index contributed by atoms with van der Waals surface area (Å²) in [7, 11) is 0. The number of rotatable bonds is 7. The molecular weight excluding hydrogens is 507 g/mol. The second-order valence-electron chi connectivity index (χ2n) is 7.90. The van der Waals surface area contributed by atoms with E-state index < -0.39 is 11.4 Å². The van der Waals surface area contributed by atoms with Gasteiger partial charge in [-0.1, -0.05) is 76.7 Å². The van der Waals surface area contributed by atoms with E-state index in [4.69, 9.17) is 55.9 Å². The average Bonchev–Trinajstić information content (AvgIpc) is 2.82. The van der Waals surface area contributed by atoms with Crippen LogP contribution in [0, 0.1) is 5.82 Å². The Kier molecular flexibility index (Phi) is 8.19. The fourth-order valence-electron chi connectivity index (χ4n) is 4.03. The highest BCUT2D eigenvalue weighted by Crippen LogP contribution is 2.39. The van der Waals surface area contributed by atoms with Crippen molar-refractivity contribution in [1.29, 1.82) is 0 Å². The van der Waals surface area contributed by atoms with Gasteiger partial charge in [-0.05, 0) is 54.4 Å². The summed E-state index contributed by atoms with van der Waals surface area (Å²) in [4.78, 5) is 0. The zero-order valence-electron chi connectivity index (χ0n) is 17.6. The van der Waals surface area contributed by atoms with E-state index in [0.717, 1.165) is 11.1 Å². The van der Waals surface area contributed by atoms with Crippen molar-refractivity contribution < 1.29 is 13.9 Å². The lowest BCUT2D eigenvalue weighted by Gasteiger charge is -2.44. The second kappa shape index (κ2) is 10.9. The highest BCUT2D eigenvalue weighted by molar-refractivity contribution is 6.42. The molecule has 1 aliphatic rings. The fraction of sp³-hybridized carbons (Fsp3) is 0.280. The van der Waals surface area contributed by atoms with Crippen molar-refractivity contribution in [3.05, 3.63) is 103 Å². The normalized spacial score (nSPS) is 20.7. The second-order valence-corrected chi connectivity index (χ2v) is 9.56. The summed E-state index contributed by atoms with van der Waals surface area (Å²) in [6, 6.07) is 17.8. The van der Waals surface area contributed by atoms with Crippen LogP contribution < -0.4 is 5.32 Å². The van der Waals surface area contributed by atoms with Crippen molar-refractivity contribution in [3.63, 3.8) is 0 Å². The third-order valence-electron chi connectivity index (χ3n) is 5.81. The third kappa shape index (κ3) is 5.66. The Balaban J connectivity index is 1.63. The lowest BCUT2D eigenvalue weighted by atomic mass is 9.82. The van der Waals surface area contributed by atoms with Gasteiger partial charge < -0.3 is 14.8 Å². The highest BCUT2D eigenvalue weighted by atomic mass is 35.5. The number of hydrogen-bond donors (Lipinski definition) is 1. The Bertz CT molecular complexity index is 1110. The van der Waals surface area contributed by atoms with E-state index in [-0.39, 0.29) is 17.7 Å². The SMILES string of the molecule is Fc1c(Cl)cccc1COC1(c2ccc(Cl)cc2)CCNCC1OCc1ccc(Cl)c(Cl)c1. The molecule has 1 saturated heterocycles. The van der Waals surface area contributed by atoms with Crippen LogP contribution in [0.2, 0.25) is 20.1 Å². The monoisotopic (exact) mass is 527 g/mol. The molecular formula is C25H22Cl4FNO2. The molecule has 3 aromatic carbocycles. The van der Waals surface area contributed by atoms with Gasteiger partial charge in [-0.15, -0.1) is 0 Å². The summed E-state index contributed by atoms with van der Waals surface area (Å²) in [5.74, 6) is -0.479. The maximum atomic E-state index is 14.6. The lowest BCUT2D eigenvalue weighted by molar-refractivity contribution is -0.176. The zero-order chi connectivity index (χ0) is 23.4. The number of halogens is 5. The minimum Gasteiger partial charge on any atom is -0.369 e. The van der Waals surface area contributed by atoms with Gasteiger partial charge in [-0.3, -0.25) is 0 Å². The molecule has 1 fully saturated rings. The molecule has 3 aromatic rings. The predicted octanol–water partition coefficient (Wildman–Crippen LogP) is 7.43. The van der Waals surface area contributed by atoms with Crippen molar-refractivity contribution >= 4 is 46.4 Å². The molecule has 33 heavy (non-hydrogen) atoms. The number of ether oxygens (including phenoxy) is 2. The predicted molar refractivity (Wildman–Crippen MR) is 132 cm³/mol. The standard InChI is InChI=1S/C25H22Cl4FNO2/c26-19-7-5-18(6-8-19)25(33-15-17-2-1-3-21(28)24(17)30)10-11-31-13-23(25)32-14-16-4-9-20(27)22(29)12-16/h1-9,12,23,31H,10-11,13-15H2. The minimum atomic E-state index is -0.819. The molecule has 1 N–H and O–H groups in total. The van der Waals surface area contributed by atoms with Crippen LogP contribution >= 0.6 is 46.4 Å². The van der Waals surface area contributed by atoms with E-state index >= 15 is 0 Å². The van der Waals surface area contributed by atoms with Crippen molar-refractivity contribution in [1.82, 2.24) is 5.32 Å². The van der Waals surface area contributed by atoms with E-state index in [1.807, 2.05) is 30.3 Å². The smallest absolute Gasteiger partial charge is 0.147 e. The van der Waals surface area contributed by atoms with E-state index in [0.29, 0.717) is 46.7 Å². The molecule has 8 heteroatoms. The molecule has 1 aliphatic heterocycles. The van der Waals surface area contributed by atoms with Crippen LogP contribution in [-0.4, -0.2) is 19.2 Å². The summed E-state index contributed by atoms with van der Waals surface area (Å²) >= 11 is 24.3. The van der Waals surface area contributed by atoms with Crippen molar-refractivity contribution in [2.75, 3.05) is 13.1 Å². The molecule has 0 aromatic heterocycles. The minimum absolute atomic E-state index is 0.0433. The summed E-state index contributed by atoms with van der Waals surface area (Å²) in [5, 5.41) is 5.02. The van der Waals surface area contributed by atoms with Gasteiger partial charge in [0.2, 0.25) is 0 Å². The Hall–Kier alpha value is -1.37. The Morgan fingerprint density at radius 3 is 2.45 bits per heavy atom. The van der Waals surface area contributed by atoms with E-state index in [1.54, 1.807) is 24.3 Å². The maximum absolute atomic E-state index is 14.6. The molecule has 0 saturated carbocycles. The molecule has 174 valence electrons. The van der Waals surface area contributed by atoms with Crippen LogP contribution in [0.25, 0.3) is 0 Å². The van der Waals surface area contributed by atoms with Gasteiger partial charge in [-0.25, -0.2) is 4.39 Å². The molecule has 3 nitrogen and oxygen atoms in total. The quantitative estimate of drug-likeness (QED) is 0.346. The van der Waals surface area contributed by atoms with Crippen molar-refractivity contribution in [2.24, 2.45) is 0 Å². The van der Waals surface area contributed by atoms with Gasteiger partial charge >= 0.3 is 0 Å². The van der Waals surface area contributed by atoms with Gasteiger partial charge in [0.25, 0.3) is 0 Å². The number of hydrogen-bond acceptors (Lipinski definition) is 3. The molecule has 4 rings (SSSR count). The van der Waals surface area contributed by atoms with Gasteiger partial charge in [0.05, 0.1) is 28.3 Å². The lowest BCUT2D eigenvalue weighted by Crippen LogP contribution is -2.54. The van der Waals surface area contributed by atoms with Gasteiger partial charge in [0.15, 0.2) is 0 Å². The summed E-state index contributed by atoms with van der Waals surface area (Å²) < 4.78 is 27.4. The number of nitrogens with one attached hydrogen (secondary N) is 1. The van der Waals surface area contributed by atoms with Crippen molar-refractivity contribution in [3.8, 4) is 0 Å². The van der Waals surface area contributed by atoms with Crippen LogP contribution in [0.3, 0.4) is 0 Å². The first kappa shape index (κ1) is 24.7. The Morgan fingerprint density at radius 2 is 1.70 bits per heavy atom. The van der Waals surface area contributed by atoms with Crippen LogP contribution in [0.1, 0.15) is 23.1 Å². The van der Waals surface area contributed by atoms with Crippen LogP contribution in [0.5, 0.6) is 0 Å². The number of benzene rings is 3. The van der Waals surface area contributed by atoms with Crippen molar-refractivity contribution in [2.45, 2.75) is 31.3 Å². The molecule has 2 atom stereocenters. The van der Waals surface area contributed by atoms with Crippen LogP contribution in [0.15, 0.2) is 60.7 Å². The molecule has 0 aliphatic carbocycles. The zero-order valence-corrected chi connectivity index (χ0v) is 20.6. The van der Waals surface area contributed by atoms with Gasteiger partial charge in [0.1, 0.15) is 17.5 Å². The summed E-state index contributed by atoms with van der Waals surface area (Å²) in [5.41, 5.74) is 1.37. The molecule has 2 unspecified atom stereocenters. The van der Waals surface area contributed by atoms with Crippen LogP contribution in [-0.2, 0) is 28.3 Å². The van der Waals surface area contributed by atoms with Gasteiger partial charge in [0, 0.05) is 17.1 Å².